The highest BCUT2D eigenvalue weighted by Gasteiger charge is 2.19. The number of nitrogens with one attached hydrogen (secondary N) is 1. The maximum absolute atomic E-state index is 11.7. The lowest BCUT2D eigenvalue weighted by atomic mass is 10.0. The lowest BCUT2D eigenvalue weighted by Crippen LogP contribution is -2.18. The van der Waals surface area contributed by atoms with Gasteiger partial charge in [-0.25, -0.2) is 4.79 Å². The number of aromatic nitrogens is 1. The van der Waals surface area contributed by atoms with Crippen molar-refractivity contribution < 1.29 is 19.7 Å². The van der Waals surface area contributed by atoms with Crippen molar-refractivity contribution in [3.63, 3.8) is 0 Å². The number of fused-ring (bicyclic) bond motifs is 1. The molecule has 0 aliphatic rings. The van der Waals surface area contributed by atoms with Crippen LogP contribution in [0.5, 0.6) is 0 Å². The summed E-state index contributed by atoms with van der Waals surface area (Å²) in [6.07, 6.45) is -1.62. The average Bonchev–Trinajstić information content (AvgIpc) is 2.90. The van der Waals surface area contributed by atoms with Crippen molar-refractivity contribution in [2.75, 3.05) is 12.5 Å². The van der Waals surface area contributed by atoms with E-state index in [0.717, 1.165) is 5.39 Å². The Balaban J connectivity index is 2.27. The van der Waals surface area contributed by atoms with Crippen LogP contribution in [0.15, 0.2) is 24.3 Å². The molecule has 0 fully saturated rings. The standard InChI is InChI=1S/C15H18ClNO4/c1-2-21-15(20)12-7-9-3-4-10(8-11(9)17-12)14(19)13(18)5-6-16/h3-4,7-8,13-14,17-19H,2,5-6H2,1H3. The highest BCUT2D eigenvalue weighted by atomic mass is 35.5. The topological polar surface area (TPSA) is 82.6 Å². The van der Waals surface area contributed by atoms with Crippen LogP contribution in [-0.2, 0) is 4.74 Å². The Morgan fingerprint density at radius 1 is 1.38 bits per heavy atom. The number of carbonyl (C=O) groups excluding carboxylic acids is 1. The van der Waals surface area contributed by atoms with E-state index in [-0.39, 0.29) is 5.88 Å². The van der Waals surface area contributed by atoms with Gasteiger partial charge in [0.05, 0.1) is 12.7 Å². The Bertz CT molecular complexity index is 625. The summed E-state index contributed by atoms with van der Waals surface area (Å²) in [5.74, 6) is -0.145. The lowest BCUT2D eigenvalue weighted by Gasteiger charge is -2.17. The SMILES string of the molecule is CCOC(=O)c1cc2ccc(C(O)C(O)CCCl)cc2[nH]1. The van der Waals surface area contributed by atoms with Crippen molar-refractivity contribution in [2.24, 2.45) is 0 Å². The minimum Gasteiger partial charge on any atom is -0.461 e. The first-order chi connectivity index (χ1) is 10.1. The van der Waals surface area contributed by atoms with E-state index in [1.165, 1.54) is 0 Å². The van der Waals surface area contributed by atoms with Gasteiger partial charge in [-0.2, -0.15) is 0 Å². The fraction of sp³-hybridized carbons (Fsp3) is 0.400. The van der Waals surface area contributed by atoms with Crippen LogP contribution in [0.1, 0.15) is 35.5 Å². The predicted octanol–water partition coefficient (Wildman–Crippen LogP) is 2.37. The number of halogens is 1. The van der Waals surface area contributed by atoms with Gasteiger partial charge >= 0.3 is 5.97 Å². The molecule has 21 heavy (non-hydrogen) atoms. The van der Waals surface area contributed by atoms with Gasteiger partial charge in [0.2, 0.25) is 0 Å². The van der Waals surface area contributed by atoms with Gasteiger partial charge in [-0.15, -0.1) is 11.6 Å². The smallest absolute Gasteiger partial charge is 0.354 e. The Hall–Kier alpha value is -1.56. The van der Waals surface area contributed by atoms with E-state index in [9.17, 15) is 15.0 Å². The maximum Gasteiger partial charge on any atom is 0.354 e. The Kier molecular flexibility index (Phi) is 5.22. The van der Waals surface area contributed by atoms with Gasteiger partial charge in [0.15, 0.2) is 0 Å². The molecule has 2 aromatic rings. The van der Waals surface area contributed by atoms with E-state index < -0.39 is 18.2 Å². The first-order valence-electron chi connectivity index (χ1n) is 6.78. The zero-order valence-electron chi connectivity index (χ0n) is 11.7. The molecule has 0 spiro atoms. The number of hydrogen-bond donors (Lipinski definition) is 3. The monoisotopic (exact) mass is 311 g/mol. The van der Waals surface area contributed by atoms with E-state index in [0.29, 0.717) is 29.8 Å². The van der Waals surface area contributed by atoms with Gasteiger partial charge < -0.3 is 19.9 Å². The summed E-state index contributed by atoms with van der Waals surface area (Å²) in [7, 11) is 0. The molecule has 3 N–H and O–H groups in total. The van der Waals surface area contributed by atoms with E-state index in [1.807, 2.05) is 0 Å². The zero-order valence-corrected chi connectivity index (χ0v) is 12.4. The third-order valence-electron chi connectivity index (χ3n) is 3.25. The second kappa shape index (κ2) is 6.93. The highest BCUT2D eigenvalue weighted by molar-refractivity contribution is 6.17. The number of aromatic amines is 1. The summed E-state index contributed by atoms with van der Waals surface area (Å²) in [6, 6.07) is 6.90. The van der Waals surface area contributed by atoms with Crippen LogP contribution in [0.4, 0.5) is 0 Å². The minimum absolute atomic E-state index is 0.274. The molecule has 0 saturated carbocycles. The number of ether oxygens (including phenoxy) is 1. The van der Waals surface area contributed by atoms with Crippen molar-refractivity contribution in [3.8, 4) is 0 Å². The maximum atomic E-state index is 11.7. The fourth-order valence-corrected chi connectivity index (χ4v) is 2.36. The van der Waals surface area contributed by atoms with Gasteiger partial charge in [0.25, 0.3) is 0 Å². The average molecular weight is 312 g/mol. The van der Waals surface area contributed by atoms with Gasteiger partial charge in [0, 0.05) is 16.8 Å². The quantitative estimate of drug-likeness (QED) is 0.565. The number of aliphatic hydroxyl groups excluding tert-OH is 2. The Morgan fingerprint density at radius 2 is 2.14 bits per heavy atom. The normalized spacial score (nSPS) is 14.1. The molecule has 114 valence electrons. The molecule has 0 radical (unpaired) electrons. The van der Waals surface area contributed by atoms with Crippen LogP contribution in [0.2, 0.25) is 0 Å². The second-order valence-corrected chi connectivity index (χ2v) is 5.12. The molecular weight excluding hydrogens is 294 g/mol. The van der Waals surface area contributed by atoms with Gasteiger partial charge in [0.1, 0.15) is 11.8 Å². The molecule has 2 rings (SSSR count). The number of aliphatic hydroxyl groups is 2. The van der Waals surface area contributed by atoms with Gasteiger partial charge in [-0.3, -0.25) is 0 Å². The Labute approximate surface area is 127 Å². The number of rotatable bonds is 6. The van der Waals surface area contributed by atoms with Crippen LogP contribution in [-0.4, -0.2) is 39.8 Å². The largest absolute Gasteiger partial charge is 0.461 e. The summed E-state index contributed by atoms with van der Waals surface area (Å²) in [6.45, 7) is 2.05. The highest BCUT2D eigenvalue weighted by Crippen LogP contribution is 2.24. The molecule has 0 saturated heterocycles. The molecular formula is C15H18ClNO4. The lowest BCUT2D eigenvalue weighted by molar-refractivity contribution is 0.0171. The molecule has 6 heteroatoms. The van der Waals surface area contributed by atoms with Crippen molar-refractivity contribution in [1.82, 2.24) is 4.98 Å². The van der Waals surface area contributed by atoms with Crippen molar-refractivity contribution in [1.29, 1.82) is 0 Å². The molecule has 1 aromatic heterocycles. The van der Waals surface area contributed by atoms with E-state index in [2.05, 4.69) is 4.98 Å². The predicted molar refractivity (Wildman–Crippen MR) is 80.6 cm³/mol. The second-order valence-electron chi connectivity index (χ2n) is 4.74. The number of alkyl halides is 1. The van der Waals surface area contributed by atoms with Crippen LogP contribution >= 0.6 is 11.6 Å². The number of hydrogen-bond acceptors (Lipinski definition) is 4. The van der Waals surface area contributed by atoms with Crippen molar-refractivity contribution >= 4 is 28.5 Å². The third-order valence-corrected chi connectivity index (χ3v) is 3.47. The van der Waals surface area contributed by atoms with Gasteiger partial charge in [-0.05, 0) is 31.0 Å². The molecule has 2 unspecified atom stereocenters. The molecule has 0 aliphatic heterocycles. The minimum atomic E-state index is -1.01. The molecule has 0 bridgehead atoms. The number of benzene rings is 1. The van der Waals surface area contributed by atoms with E-state index in [4.69, 9.17) is 16.3 Å². The number of H-pyrrole nitrogens is 1. The number of carbonyl (C=O) groups is 1. The molecule has 0 amide bonds. The third kappa shape index (κ3) is 3.56. The summed E-state index contributed by atoms with van der Waals surface area (Å²) >= 11 is 5.56. The first kappa shape index (κ1) is 15.8. The number of esters is 1. The zero-order chi connectivity index (χ0) is 15.4. The van der Waals surface area contributed by atoms with E-state index in [1.54, 1.807) is 31.2 Å². The van der Waals surface area contributed by atoms with Crippen molar-refractivity contribution in [3.05, 3.63) is 35.5 Å². The molecule has 2 atom stereocenters. The molecule has 1 heterocycles. The van der Waals surface area contributed by atoms with Crippen molar-refractivity contribution in [2.45, 2.75) is 25.6 Å². The van der Waals surface area contributed by atoms with Crippen LogP contribution < -0.4 is 0 Å². The fourth-order valence-electron chi connectivity index (χ4n) is 2.14. The summed E-state index contributed by atoms with van der Waals surface area (Å²) in [5.41, 5.74) is 1.63. The summed E-state index contributed by atoms with van der Waals surface area (Å²) in [4.78, 5) is 14.6. The van der Waals surface area contributed by atoms with Crippen LogP contribution in [0, 0.1) is 0 Å². The molecule has 5 nitrogen and oxygen atoms in total. The van der Waals surface area contributed by atoms with Crippen LogP contribution in [0.25, 0.3) is 10.9 Å². The van der Waals surface area contributed by atoms with Gasteiger partial charge in [-0.1, -0.05) is 12.1 Å². The summed E-state index contributed by atoms with van der Waals surface area (Å²) < 4.78 is 4.93. The van der Waals surface area contributed by atoms with E-state index >= 15 is 0 Å². The first-order valence-corrected chi connectivity index (χ1v) is 7.32. The molecule has 0 aliphatic carbocycles. The molecule has 1 aromatic carbocycles. The van der Waals surface area contributed by atoms with Crippen LogP contribution in [0.3, 0.4) is 0 Å². The Morgan fingerprint density at radius 3 is 2.81 bits per heavy atom. The summed E-state index contributed by atoms with van der Waals surface area (Å²) in [5, 5.41) is 20.7.